The topological polar surface area (TPSA) is 70.2 Å². The molecule has 0 atom stereocenters. The van der Waals surface area contributed by atoms with Crippen LogP contribution >= 0.6 is 34.0 Å². The van der Waals surface area contributed by atoms with Crippen molar-refractivity contribution in [3.05, 3.63) is 22.0 Å². The molecule has 0 saturated carbocycles. The van der Waals surface area contributed by atoms with Gasteiger partial charge in [-0.15, -0.1) is 22.7 Å². The zero-order valence-electron chi connectivity index (χ0n) is 14.0. The van der Waals surface area contributed by atoms with E-state index in [0.29, 0.717) is 15.9 Å². The van der Waals surface area contributed by atoms with Crippen LogP contribution in [0.4, 0.5) is 10.3 Å². The fraction of sp³-hybridized carbons (Fsp3) is 0.438. The number of aromatic nitrogens is 2. The van der Waals surface area contributed by atoms with Gasteiger partial charge in [-0.25, -0.2) is 9.97 Å². The van der Waals surface area contributed by atoms with Crippen molar-refractivity contribution in [3.63, 3.8) is 0 Å². The lowest BCUT2D eigenvalue weighted by Gasteiger charge is -2.20. The number of hydrogen-bond donors (Lipinski definition) is 2. The van der Waals surface area contributed by atoms with Gasteiger partial charge in [0.05, 0.1) is 9.58 Å². The zero-order chi connectivity index (χ0) is 17.4. The molecule has 0 spiro atoms. The first-order valence-electron chi connectivity index (χ1n) is 8.15. The van der Waals surface area contributed by atoms with Crippen LogP contribution in [-0.2, 0) is 0 Å². The summed E-state index contributed by atoms with van der Waals surface area (Å²) >= 11 is 4.62. The van der Waals surface area contributed by atoms with Crippen molar-refractivity contribution in [2.75, 3.05) is 37.4 Å². The van der Waals surface area contributed by atoms with Crippen LogP contribution in [0.15, 0.2) is 12.3 Å². The van der Waals surface area contributed by atoms with Crippen molar-refractivity contribution in [2.45, 2.75) is 18.8 Å². The van der Waals surface area contributed by atoms with Crippen molar-refractivity contribution in [1.82, 2.24) is 15.3 Å². The Morgan fingerprint density at radius 2 is 2.08 bits per heavy atom. The highest BCUT2D eigenvalue weighted by molar-refractivity contribution is 7.29. The van der Waals surface area contributed by atoms with Gasteiger partial charge in [0, 0.05) is 25.2 Å². The number of fused-ring (bicyclic) bond motifs is 1. The second kappa shape index (κ2) is 6.99. The van der Waals surface area contributed by atoms with Gasteiger partial charge in [0.1, 0.15) is 4.83 Å². The van der Waals surface area contributed by atoms with E-state index in [1.54, 1.807) is 22.7 Å². The largest absolute Gasteiger partial charge is 0.354 e. The van der Waals surface area contributed by atoms with Crippen molar-refractivity contribution in [2.24, 2.45) is 0 Å². The van der Waals surface area contributed by atoms with Gasteiger partial charge in [0.2, 0.25) is 0 Å². The lowest BCUT2D eigenvalue weighted by Crippen LogP contribution is -2.26. The quantitative estimate of drug-likeness (QED) is 0.709. The number of piperidine rings is 1. The highest BCUT2D eigenvalue weighted by Gasteiger charge is 2.20. The fourth-order valence-electron chi connectivity index (χ4n) is 2.83. The van der Waals surface area contributed by atoms with E-state index in [4.69, 9.17) is 0 Å². The van der Waals surface area contributed by atoms with Gasteiger partial charge < -0.3 is 10.2 Å². The summed E-state index contributed by atoms with van der Waals surface area (Å²) in [6.45, 7) is 2.11. The molecule has 1 fully saturated rings. The minimum absolute atomic E-state index is 0.104. The van der Waals surface area contributed by atoms with Crippen molar-refractivity contribution >= 4 is 59.7 Å². The minimum atomic E-state index is -0.104. The number of rotatable bonds is 4. The SMILES string of the molecule is CN(C)c1nc2sc(C(=O)Nc3ncc(C4CCNCC4)s3)cc2s1. The molecule has 6 nitrogen and oxygen atoms in total. The molecule has 0 bridgehead atoms. The van der Waals surface area contributed by atoms with Crippen LogP contribution in [0.5, 0.6) is 0 Å². The molecular formula is C16H19N5OS3. The molecule has 0 aromatic carbocycles. The number of amides is 1. The molecule has 25 heavy (non-hydrogen) atoms. The predicted molar refractivity (Wildman–Crippen MR) is 107 cm³/mol. The third kappa shape index (κ3) is 3.55. The molecule has 0 radical (unpaired) electrons. The second-order valence-electron chi connectivity index (χ2n) is 6.22. The van der Waals surface area contributed by atoms with Gasteiger partial charge in [0.15, 0.2) is 10.3 Å². The minimum Gasteiger partial charge on any atom is -0.354 e. The summed E-state index contributed by atoms with van der Waals surface area (Å²) in [6.07, 6.45) is 4.18. The van der Waals surface area contributed by atoms with Crippen molar-refractivity contribution < 1.29 is 4.79 Å². The van der Waals surface area contributed by atoms with Crippen LogP contribution in [0.3, 0.4) is 0 Å². The third-order valence-electron chi connectivity index (χ3n) is 4.17. The first kappa shape index (κ1) is 16.9. The van der Waals surface area contributed by atoms with Crippen LogP contribution in [0.1, 0.15) is 33.3 Å². The van der Waals surface area contributed by atoms with E-state index < -0.39 is 0 Å². The van der Waals surface area contributed by atoms with E-state index in [1.165, 1.54) is 16.2 Å². The number of anilines is 2. The molecule has 1 saturated heterocycles. The summed E-state index contributed by atoms with van der Waals surface area (Å²) in [7, 11) is 3.94. The first-order valence-corrected chi connectivity index (χ1v) is 10.6. The maximum Gasteiger partial charge on any atom is 0.267 e. The molecule has 0 unspecified atom stereocenters. The summed E-state index contributed by atoms with van der Waals surface area (Å²) in [5.74, 6) is 0.456. The Bertz CT molecular complexity index is 859. The summed E-state index contributed by atoms with van der Waals surface area (Å²) in [4.78, 5) is 26.3. The molecule has 132 valence electrons. The standard InChI is InChI=1S/C16H19N5OS3/c1-21(2)16-20-14-11(25-16)7-10(23-14)13(22)19-15-18-8-12(24-15)9-3-5-17-6-4-9/h7-9,17H,3-6H2,1-2H3,(H,18,19,22). The molecule has 3 aromatic rings. The first-order chi connectivity index (χ1) is 12.1. The number of thiophene rings is 1. The number of hydrogen-bond acceptors (Lipinski definition) is 8. The summed E-state index contributed by atoms with van der Waals surface area (Å²) in [6, 6.07) is 1.92. The Labute approximate surface area is 157 Å². The van der Waals surface area contributed by atoms with Gasteiger partial charge in [-0.05, 0) is 37.9 Å². The summed E-state index contributed by atoms with van der Waals surface area (Å²) in [5.41, 5.74) is 0. The van der Waals surface area contributed by atoms with Crippen molar-refractivity contribution in [1.29, 1.82) is 0 Å². The molecule has 2 N–H and O–H groups in total. The number of nitrogens with zero attached hydrogens (tertiary/aromatic N) is 3. The highest BCUT2D eigenvalue weighted by atomic mass is 32.1. The van der Waals surface area contributed by atoms with Gasteiger partial charge >= 0.3 is 0 Å². The van der Waals surface area contributed by atoms with E-state index in [-0.39, 0.29) is 5.91 Å². The van der Waals surface area contributed by atoms with E-state index in [2.05, 4.69) is 20.6 Å². The Morgan fingerprint density at radius 1 is 1.28 bits per heavy atom. The van der Waals surface area contributed by atoms with Crippen LogP contribution in [0.25, 0.3) is 9.53 Å². The molecule has 1 aliphatic heterocycles. The Morgan fingerprint density at radius 3 is 2.80 bits per heavy atom. The average Bonchev–Trinajstić information content (AvgIpc) is 3.29. The zero-order valence-corrected chi connectivity index (χ0v) is 16.5. The van der Waals surface area contributed by atoms with Crippen molar-refractivity contribution in [3.8, 4) is 0 Å². The van der Waals surface area contributed by atoms with E-state index in [9.17, 15) is 4.79 Å². The maximum absolute atomic E-state index is 12.5. The summed E-state index contributed by atoms with van der Waals surface area (Å²) in [5, 5.41) is 7.95. The van der Waals surface area contributed by atoms with Crippen LogP contribution < -0.4 is 15.5 Å². The predicted octanol–water partition coefficient (Wildman–Crippen LogP) is 3.60. The number of thiazole rings is 2. The highest BCUT2D eigenvalue weighted by Crippen LogP contribution is 2.35. The Balaban J connectivity index is 1.46. The lowest BCUT2D eigenvalue weighted by atomic mass is 9.97. The van der Waals surface area contributed by atoms with E-state index in [1.807, 2.05) is 31.3 Å². The monoisotopic (exact) mass is 393 g/mol. The maximum atomic E-state index is 12.5. The molecule has 1 aliphatic rings. The van der Waals surface area contributed by atoms with Crippen LogP contribution in [0.2, 0.25) is 0 Å². The molecule has 3 aromatic heterocycles. The van der Waals surface area contributed by atoms with Gasteiger partial charge in [-0.2, -0.15) is 0 Å². The van der Waals surface area contributed by atoms with Gasteiger partial charge in [0.25, 0.3) is 5.91 Å². The molecule has 1 amide bonds. The lowest BCUT2D eigenvalue weighted by molar-refractivity contribution is 0.103. The average molecular weight is 394 g/mol. The van der Waals surface area contributed by atoms with E-state index >= 15 is 0 Å². The smallest absolute Gasteiger partial charge is 0.267 e. The van der Waals surface area contributed by atoms with Crippen LogP contribution in [-0.4, -0.2) is 43.1 Å². The van der Waals surface area contributed by atoms with Gasteiger partial charge in [-0.3, -0.25) is 10.1 Å². The molecule has 0 aliphatic carbocycles. The molecule has 4 rings (SSSR count). The normalized spacial score (nSPS) is 15.6. The third-order valence-corrected chi connectivity index (χ3v) is 7.57. The number of nitrogens with one attached hydrogen (secondary N) is 2. The molecular weight excluding hydrogens is 374 g/mol. The number of carbonyl (C=O) groups is 1. The summed E-state index contributed by atoms with van der Waals surface area (Å²) < 4.78 is 1.05. The second-order valence-corrected chi connectivity index (χ2v) is 9.32. The molecule has 9 heteroatoms. The fourth-order valence-corrected chi connectivity index (χ4v) is 5.83. The van der Waals surface area contributed by atoms with E-state index in [0.717, 1.165) is 40.6 Å². The Hall–Kier alpha value is -1.55. The van der Waals surface area contributed by atoms with Crippen LogP contribution in [0, 0.1) is 0 Å². The Kier molecular flexibility index (Phi) is 4.72. The molecule has 4 heterocycles. The number of carbonyl (C=O) groups excluding carboxylic acids is 1. The van der Waals surface area contributed by atoms with Gasteiger partial charge in [-0.1, -0.05) is 11.3 Å².